The summed E-state index contributed by atoms with van der Waals surface area (Å²) in [6, 6.07) is 6.41. The van der Waals surface area contributed by atoms with Crippen LogP contribution >= 0.6 is 0 Å². The molecule has 0 aliphatic carbocycles. The third-order valence-corrected chi connectivity index (χ3v) is 4.36. The predicted molar refractivity (Wildman–Crippen MR) is 78.5 cm³/mol. The second-order valence-electron chi connectivity index (χ2n) is 5.99. The largest absolute Gasteiger partial charge is 0.493 e. The topological polar surface area (TPSA) is 32.8 Å². The molecule has 3 rings (SSSR count). The first kappa shape index (κ1) is 13.6. The quantitative estimate of drug-likeness (QED) is 0.778. The van der Waals surface area contributed by atoms with Gasteiger partial charge in [0.15, 0.2) is 5.78 Å². The van der Waals surface area contributed by atoms with Crippen LogP contribution in [0.5, 0.6) is 5.75 Å². The zero-order valence-corrected chi connectivity index (χ0v) is 12.3. The minimum absolute atomic E-state index is 0.221. The molecule has 4 heteroatoms. The van der Waals surface area contributed by atoms with Gasteiger partial charge in [0.1, 0.15) is 5.75 Å². The Labute approximate surface area is 120 Å². The Kier molecular flexibility index (Phi) is 3.76. The van der Waals surface area contributed by atoms with Crippen molar-refractivity contribution in [2.75, 3.05) is 40.3 Å². The molecule has 0 saturated carbocycles. The maximum absolute atomic E-state index is 12.4. The number of ether oxygens (including phenoxy) is 1. The van der Waals surface area contributed by atoms with E-state index < -0.39 is 0 Å². The molecule has 2 aliphatic rings. The Hall–Kier alpha value is -1.39. The smallest absolute Gasteiger partial charge is 0.176 e. The molecule has 0 aromatic heterocycles. The highest BCUT2D eigenvalue weighted by molar-refractivity contribution is 5.98. The SMILES string of the molecule is CN(C)C1CCN(CC(=O)c2ccc3c(c2)CCO3)C1. The van der Waals surface area contributed by atoms with E-state index in [1.807, 2.05) is 18.2 Å². The Morgan fingerprint density at radius 1 is 1.45 bits per heavy atom. The molecule has 2 heterocycles. The molecule has 0 amide bonds. The number of hydrogen-bond acceptors (Lipinski definition) is 4. The lowest BCUT2D eigenvalue weighted by Gasteiger charge is -2.20. The molecule has 1 unspecified atom stereocenters. The van der Waals surface area contributed by atoms with Gasteiger partial charge in [-0.3, -0.25) is 9.69 Å². The number of ketones is 1. The lowest BCUT2D eigenvalue weighted by atomic mass is 10.1. The summed E-state index contributed by atoms with van der Waals surface area (Å²) in [5.74, 6) is 1.16. The van der Waals surface area contributed by atoms with Gasteiger partial charge in [-0.25, -0.2) is 0 Å². The van der Waals surface area contributed by atoms with E-state index in [0.717, 1.165) is 43.9 Å². The van der Waals surface area contributed by atoms with Crippen LogP contribution in [-0.2, 0) is 6.42 Å². The summed E-state index contributed by atoms with van der Waals surface area (Å²) in [5.41, 5.74) is 1.99. The number of rotatable bonds is 4. The first-order valence-electron chi connectivity index (χ1n) is 7.31. The molecule has 2 aliphatic heterocycles. The zero-order valence-electron chi connectivity index (χ0n) is 12.3. The van der Waals surface area contributed by atoms with Gasteiger partial charge in [-0.15, -0.1) is 0 Å². The van der Waals surface area contributed by atoms with Gasteiger partial charge in [-0.1, -0.05) is 0 Å². The molecular weight excluding hydrogens is 252 g/mol. The van der Waals surface area contributed by atoms with Gasteiger partial charge in [-0.2, -0.15) is 0 Å². The van der Waals surface area contributed by atoms with Crippen molar-refractivity contribution in [1.82, 2.24) is 9.80 Å². The molecule has 1 atom stereocenters. The van der Waals surface area contributed by atoms with Gasteiger partial charge in [0.25, 0.3) is 0 Å². The summed E-state index contributed by atoms with van der Waals surface area (Å²) in [6.45, 7) is 3.28. The zero-order chi connectivity index (χ0) is 14.1. The molecule has 4 nitrogen and oxygen atoms in total. The first-order valence-corrected chi connectivity index (χ1v) is 7.31. The number of likely N-dealkylation sites (N-methyl/N-ethyl adjacent to an activating group) is 1. The molecule has 108 valence electrons. The molecule has 0 bridgehead atoms. The van der Waals surface area contributed by atoms with Gasteiger partial charge in [0.05, 0.1) is 13.2 Å². The summed E-state index contributed by atoms with van der Waals surface area (Å²) >= 11 is 0. The average Bonchev–Trinajstić information content (AvgIpc) is 3.05. The Balaban J connectivity index is 1.62. The number of hydrogen-bond donors (Lipinski definition) is 0. The van der Waals surface area contributed by atoms with Crippen LogP contribution in [0.15, 0.2) is 18.2 Å². The molecular formula is C16H22N2O2. The van der Waals surface area contributed by atoms with E-state index in [2.05, 4.69) is 23.9 Å². The molecule has 0 N–H and O–H groups in total. The van der Waals surface area contributed by atoms with E-state index in [4.69, 9.17) is 4.74 Å². The second-order valence-corrected chi connectivity index (χ2v) is 5.99. The van der Waals surface area contributed by atoms with E-state index in [-0.39, 0.29) is 5.78 Å². The third-order valence-electron chi connectivity index (χ3n) is 4.36. The van der Waals surface area contributed by atoms with Gasteiger partial charge in [0, 0.05) is 31.1 Å². The van der Waals surface area contributed by atoms with Crippen LogP contribution in [-0.4, -0.2) is 62.0 Å². The fourth-order valence-electron chi connectivity index (χ4n) is 3.03. The number of likely N-dealkylation sites (tertiary alicyclic amines) is 1. The molecule has 0 radical (unpaired) electrons. The van der Waals surface area contributed by atoms with Gasteiger partial charge in [0.2, 0.25) is 0 Å². The monoisotopic (exact) mass is 274 g/mol. The summed E-state index contributed by atoms with van der Waals surface area (Å²) in [4.78, 5) is 16.9. The highest BCUT2D eigenvalue weighted by atomic mass is 16.5. The summed E-state index contributed by atoms with van der Waals surface area (Å²) in [6.07, 6.45) is 2.07. The highest BCUT2D eigenvalue weighted by Crippen LogP contribution is 2.26. The van der Waals surface area contributed by atoms with Crippen molar-refractivity contribution in [3.8, 4) is 5.75 Å². The molecule has 0 spiro atoms. The van der Waals surface area contributed by atoms with Crippen molar-refractivity contribution in [1.29, 1.82) is 0 Å². The van der Waals surface area contributed by atoms with Crippen molar-refractivity contribution in [2.24, 2.45) is 0 Å². The van der Waals surface area contributed by atoms with Crippen LogP contribution in [0.25, 0.3) is 0 Å². The predicted octanol–water partition coefficient (Wildman–Crippen LogP) is 1.44. The maximum Gasteiger partial charge on any atom is 0.176 e. The van der Waals surface area contributed by atoms with Crippen LogP contribution in [0.3, 0.4) is 0 Å². The number of fused-ring (bicyclic) bond motifs is 1. The molecule has 20 heavy (non-hydrogen) atoms. The summed E-state index contributed by atoms with van der Waals surface area (Å²) < 4.78 is 5.48. The van der Waals surface area contributed by atoms with E-state index in [9.17, 15) is 4.79 Å². The number of Topliss-reactive ketones (excluding diaryl/α,β-unsaturated/α-hetero) is 1. The van der Waals surface area contributed by atoms with Crippen LogP contribution in [0.4, 0.5) is 0 Å². The van der Waals surface area contributed by atoms with E-state index >= 15 is 0 Å². The normalized spacial score (nSPS) is 22.1. The van der Waals surface area contributed by atoms with Crippen molar-refractivity contribution in [3.05, 3.63) is 29.3 Å². The Bertz CT molecular complexity index is 513. The van der Waals surface area contributed by atoms with Gasteiger partial charge < -0.3 is 9.64 Å². The number of carbonyl (C=O) groups excluding carboxylic acids is 1. The fourth-order valence-corrected chi connectivity index (χ4v) is 3.03. The Morgan fingerprint density at radius 2 is 2.30 bits per heavy atom. The molecule has 1 aromatic rings. The number of nitrogens with zero attached hydrogens (tertiary/aromatic N) is 2. The maximum atomic E-state index is 12.4. The fraction of sp³-hybridized carbons (Fsp3) is 0.562. The van der Waals surface area contributed by atoms with Crippen LogP contribution < -0.4 is 4.74 Å². The minimum atomic E-state index is 0.221. The van der Waals surface area contributed by atoms with Crippen molar-refractivity contribution in [3.63, 3.8) is 0 Å². The second kappa shape index (κ2) is 5.54. The number of benzene rings is 1. The minimum Gasteiger partial charge on any atom is -0.493 e. The van der Waals surface area contributed by atoms with E-state index in [0.29, 0.717) is 12.6 Å². The first-order chi connectivity index (χ1) is 9.63. The molecule has 1 aromatic carbocycles. The van der Waals surface area contributed by atoms with Crippen molar-refractivity contribution >= 4 is 5.78 Å². The van der Waals surface area contributed by atoms with Gasteiger partial charge in [-0.05, 0) is 44.3 Å². The van der Waals surface area contributed by atoms with Gasteiger partial charge >= 0.3 is 0 Å². The summed E-state index contributed by atoms with van der Waals surface area (Å²) in [7, 11) is 4.22. The van der Waals surface area contributed by atoms with Crippen molar-refractivity contribution in [2.45, 2.75) is 18.9 Å². The average molecular weight is 274 g/mol. The Morgan fingerprint density at radius 3 is 3.05 bits per heavy atom. The molecule has 1 saturated heterocycles. The van der Waals surface area contributed by atoms with E-state index in [1.165, 1.54) is 5.56 Å². The van der Waals surface area contributed by atoms with Crippen LogP contribution in [0.1, 0.15) is 22.3 Å². The lowest BCUT2D eigenvalue weighted by Crippen LogP contribution is -2.33. The molecule has 1 fully saturated rings. The summed E-state index contributed by atoms with van der Waals surface area (Å²) in [5, 5.41) is 0. The van der Waals surface area contributed by atoms with Crippen LogP contribution in [0, 0.1) is 0 Å². The highest BCUT2D eigenvalue weighted by Gasteiger charge is 2.25. The number of carbonyl (C=O) groups is 1. The van der Waals surface area contributed by atoms with Crippen molar-refractivity contribution < 1.29 is 9.53 Å². The lowest BCUT2D eigenvalue weighted by molar-refractivity contribution is 0.0941. The third kappa shape index (κ3) is 2.72. The van der Waals surface area contributed by atoms with Crippen LogP contribution in [0.2, 0.25) is 0 Å². The standard InChI is InChI=1S/C16H22N2O2/c1-17(2)14-5-7-18(10-14)11-15(19)12-3-4-16-13(9-12)6-8-20-16/h3-4,9,14H,5-8,10-11H2,1-2H3. The van der Waals surface area contributed by atoms with E-state index in [1.54, 1.807) is 0 Å².